The minimum atomic E-state index is -0.991. The first kappa shape index (κ1) is 15.5. The van der Waals surface area contributed by atoms with Gasteiger partial charge in [0.1, 0.15) is 9.88 Å². The number of carbonyl (C=O) groups is 2. The molecule has 1 heterocycles. The van der Waals surface area contributed by atoms with Crippen LogP contribution in [0.15, 0.2) is 29.2 Å². The molecule has 0 aliphatic rings. The van der Waals surface area contributed by atoms with Gasteiger partial charge in [-0.2, -0.15) is 0 Å². The van der Waals surface area contributed by atoms with Gasteiger partial charge in [-0.25, -0.2) is 9.78 Å². The molecule has 0 aliphatic carbocycles. The van der Waals surface area contributed by atoms with Gasteiger partial charge in [0.25, 0.3) is 5.91 Å². The molecule has 110 valence electrons. The average molecular weight is 322 g/mol. The highest BCUT2D eigenvalue weighted by Gasteiger charge is 2.14. The minimum Gasteiger partial charge on any atom is -0.477 e. The summed E-state index contributed by atoms with van der Waals surface area (Å²) in [4.78, 5) is 28.4. The van der Waals surface area contributed by atoms with Crippen LogP contribution in [-0.2, 0) is 6.54 Å². The molecule has 0 unspecified atom stereocenters. The summed E-state index contributed by atoms with van der Waals surface area (Å²) >= 11 is 2.69. The van der Waals surface area contributed by atoms with Gasteiger partial charge in [-0.05, 0) is 37.4 Å². The SMILES string of the molecule is CSc1ccc(C(=O)NCc2nc(C)c(C(=O)O)s2)cc1. The smallest absolute Gasteiger partial charge is 0.347 e. The molecular weight excluding hydrogens is 308 g/mol. The highest BCUT2D eigenvalue weighted by molar-refractivity contribution is 7.98. The third-order valence-electron chi connectivity index (χ3n) is 2.79. The monoisotopic (exact) mass is 322 g/mol. The third kappa shape index (κ3) is 3.83. The average Bonchev–Trinajstić information content (AvgIpc) is 2.86. The summed E-state index contributed by atoms with van der Waals surface area (Å²) in [6.07, 6.45) is 1.97. The number of hydrogen-bond donors (Lipinski definition) is 2. The van der Waals surface area contributed by atoms with Crippen LogP contribution in [0.25, 0.3) is 0 Å². The Balaban J connectivity index is 2.00. The van der Waals surface area contributed by atoms with Crippen LogP contribution in [0.2, 0.25) is 0 Å². The van der Waals surface area contributed by atoms with E-state index in [1.165, 1.54) is 0 Å². The van der Waals surface area contributed by atoms with Crippen LogP contribution in [0.4, 0.5) is 0 Å². The van der Waals surface area contributed by atoms with Crippen molar-refractivity contribution in [1.29, 1.82) is 0 Å². The Hall–Kier alpha value is -1.86. The van der Waals surface area contributed by atoms with E-state index < -0.39 is 5.97 Å². The van der Waals surface area contributed by atoms with Crippen molar-refractivity contribution in [2.75, 3.05) is 6.26 Å². The van der Waals surface area contributed by atoms with Crippen LogP contribution in [0.5, 0.6) is 0 Å². The molecule has 21 heavy (non-hydrogen) atoms. The molecule has 0 fully saturated rings. The van der Waals surface area contributed by atoms with E-state index in [9.17, 15) is 9.59 Å². The Morgan fingerprint density at radius 1 is 1.33 bits per heavy atom. The number of amides is 1. The number of aromatic carboxylic acids is 1. The topological polar surface area (TPSA) is 79.3 Å². The van der Waals surface area contributed by atoms with Crippen molar-refractivity contribution in [1.82, 2.24) is 10.3 Å². The second kappa shape index (κ2) is 6.73. The van der Waals surface area contributed by atoms with E-state index in [0.717, 1.165) is 16.2 Å². The zero-order valence-electron chi connectivity index (χ0n) is 11.5. The van der Waals surface area contributed by atoms with Gasteiger partial charge in [-0.3, -0.25) is 4.79 Å². The van der Waals surface area contributed by atoms with Gasteiger partial charge in [-0.1, -0.05) is 0 Å². The lowest BCUT2D eigenvalue weighted by Gasteiger charge is -2.03. The number of rotatable bonds is 5. The molecule has 2 rings (SSSR count). The zero-order valence-corrected chi connectivity index (χ0v) is 13.2. The van der Waals surface area contributed by atoms with Crippen LogP contribution in [0.3, 0.4) is 0 Å². The van der Waals surface area contributed by atoms with E-state index in [1.54, 1.807) is 30.8 Å². The fourth-order valence-corrected chi connectivity index (χ4v) is 2.98. The van der Waals surface area contributed by atoms with Crippen molar-refractivity contribution in [2.45, 2.75) is 18.4 Å². The summed E-state index contributed by atoms with van der Waals surface area (Å²) in [5.74, 6) is -1.19. The predicted octanol–water partition coefficient (Wildman–Crippen LogP) is 2.80. The first-order valence-electron chi connectivity index (χ1n) is 6.13. The molecule has 0 bridgehead atoms. The van der Waals surface area contributed by atoms with Gasteiger partial charge in [0.05, 0.1) is 12.2 Å². The zero-order chi connectivity index (χ0) is 15.4. The maximum Gasteiger partial charge on any atom is 0.347 e. The van der Waals surface area contributed by atoms with E-state index in [0.29, 0.717) is 16.3 Å². The molecule has 2 aromatic rings. The highest BCUT2D eigenvalue weighted by Crippen LogP contribution is 2.18. The first-order chi connectivity index (χ1) is 10.0. The van der Waals surface area contributed by atoms with E-state index in [-0.39, 0.29) is 17.3 Å². The van der Waals surface area contributed by atoms with Crippen molar-refractivity contribution < 1.29 is 14.7 Å². The standard InChI is InChI=1S/C14H14N2O3S2/c1-8-12(14(18)19)21-11(16-8)7-15-13(17)9-3-5-10(20-2)6-4-9/h3-6H,7H2,1-2H3,(H,15,17)(H,18,19). The second-order valence-electron chi connectivity index (χ2n) is 4.24. The Morgan fingerprint density at radius 3 is 2.52 bits per heavy atom. The van der Waals surface area contributed by atoms with Crippen molar-refractivity contribution in [3.8, 4) is 0 Å². The number of nitrogens with one attached hydrogen (secondary N) is 1. The van der Waals surface area contributed by atoms with Crippen LogP contribution in [0, 0.1) is 6.92 Å². The van der Waals surface area contributed by atoms with E-state index in [2.05, 4.69) is 10.3 Å². The quantitative estimate of drug-likeness (QED) is 0.828. The van der Waals surface area contributed by atoms with Crippen LogP contribution < -0.4 is 5.32 Å². The van der Waals surface area contributed by atoms with Crippen molar-refractivity contribution in [3.05, 3.63) is 45.4 Å². The largest absolute Gasteiger partial charge is 0.477 e. The number of carbonyl (C=O) groups excluding carboxylic acids is 1. The summed E-state index contributed by atoms with van der Waals surface area (Å²) in [7, 11) is 0. The van der Waals surface area contributed by atoms with Gasteiger partial charge in [0.2, 0.25) is 0 Å². The third-order valence-corrected chi connectivity index (χ3v) is 4.68. The first-order valence-corrected chi connectivity index (χ1v) is 8.17. The Labute approximate surface area is 130 Å². The van der Waals surface area contributed by atoms with Gasteiger partial charge >= 0.3 is 5.97 Å². The number of nitrogens with zero attached hydrogens (tertiary/aromatic N) is 1. The Kier molecular flexibility index (Phi) is 4.98. The summed E-state index contributed by atoms with van der Waals surface area (Å²) in [5.41, 5.74) is 1.04. The number of carboxylic acid groups (broad SMARTS) is 1. The van der Waals surface area contributed by atoms with Crippen LogP contribution in [-0.4, -0.2) is 28.2 Å². The predicted molar refractivity (Wildman–Crippen MR) is 83.2 cm³/mol. The molecule has 0 saturated heterocycles. The molecule has 2 N–H and O–H groups in total. The molecule has 1 amide bonds. The fraction of sp³-hybridized carbons (Fsp3) is 0.214. The second-order valence-corrected chi connectivity index (χ2v) is 6.20. The van der Waals surface area contributed by atoms with Crippen LogP contribution >= 0.6 is 23.1 Å². The maximum absolute atomic E-state index is 12.0. The van der Waals surface area contributed by atoms with Gasteiger partial charge in [0, 0.05) is 10.5 Å². The number of carboxylic acids is 1. The summed E-state index contributed by atoms with van der Waals surface area (Å²) in [6.45, 7) is 1.87. The van der Waals surface area contributed by atoms with Crippen LogP contribution in [0.1, 0.15) is 30.7 Å². The Bertz CT molecular complexity index is 665. The number of thioether (sulfide) groups is 1. The van der Waals surface area contributed by atoms with Crippen molar-refractivity contribution in [2.24, 2.45) is 0 Å². The van der Waals surface area contributed by atoms with Crippen molar-refractivity contribution in [3.63, 3.8) is 0 Å². The molecule has 7 heteroatoms. The molecular formula is C14H14N2O3S2. The summed E-state index contributed by atoms with van der Waals surface area (Å²) in [6, 6.07) is 7.29. The lowest BCUT2D eigenvalue weighted by atomic mass is 10.2. The lowest BCUT2D eigenvalue weighted by Crippen LogP contribution is -2.22. The van der Waals surface area contributed by atoms with E-state index in [1.807, 2.05) is 18.4 Å². The number of aryl methyl sites for hydroxylation is 1. The number of aromatic nitrogens is 1. The van der Waals surface area contributed by atoms with E-state index >= 15 is 0 Å². The number of benzene rings is 1. The maximum atomic E-state index is 12.0. The molecule has 0 radical (unpaired) electrons. The molecule has 1 aromatic carbocycles. The van der Waals surface area contributed by atoms with E-state index in [4.69, 9.17) is 5.11 Å². The number of hydrogen-bond acceptors (Lipinski definition) is 5. The lowest BCUT2D eigenvalue weighted by molar-refractivity contribution is 0.0701. The summed E-state index contributed by atoms with van der Waals surface area (Å²) in [5, 5.41) is 12.3. The Morgan fingerprint density at radius 2 is 2.00 bits per heavy atom. The molecule has 0 aliphatic heterocycles. The fourth-order valence-electron chi connectivity index (χ4n) is 1.73. The van der Waals surface area contributed by atoms with Gasteiger partial charge in [-0.15, -0.1) is 23.1 Å². The molecule has 0 spiro atoms. The van der Waals surface area contributed by atoms with Gasteiger partial charge < -0.3 is 10.4 Å². The minimum absolute atomic E-state index is 0.201. The molecule has 0 atom stereocenters. The number of thiazole rings is 1. The van der Waals surface area contributed by atoms with Crippen molar-refractivity contribution >= 4 is 35.0 Å². The van der Waals surface area contributed by atoms with Gasteiger partial charge in [0.15, 0.2) is 0 Å². The molecule has 5 nitrogen and oxygen atoms in total. The molecule has 0 saturated carbocycles. The highest BCUT2D eigenvalue weighted by atomic mass is 32.2. The normalized spacial score (nSPS) is 10.4. The molecule has 1 aromatic heterocycles. The summed E-state index contributed by atoms with van der Waals surface area (Å²) < 4.78 is 0.